The second-order valence-corrected chi connectivity index (χ2v) is 4.14. The Morgan fingerprint density at radius 3 is 1.50 bits per heavy atom. The summed E-state index contributed by atoms with van der Waals surface area (Å²) >= 11 is 0. The lowest BCUT2D eigenvalue weighted by Gasteiger charge is -2.00. The Kier molecular flexibility index (Phi) is 4.43. The minimum Gasteiger partial charge on any atom is -0.398 e. The Hall–Kier alpha value is -2.36. The molecule has 0 saturated carbocycles. The van der Waals surface area contributed by atoms with E-state index in [4.69, 9.17) is 22.9 Å². The molecule has 0 amide bonds. The Bertz CT molecular complexity index is 445. The molecule has 0 spiro atoms. The smallest absolute Gasteiger partial charge is 0.0577 e. The zero-order valence-electron chi connectivity index (χ0n) is 10.8. The standard InChI is InChI=1S/2C7H10N2/c1-5-6(8)3-2-4-7(5)9;1-5-3-2-4-6(8)7(5)9/h2*2-4H,8-9H2,1H3. The molecule has 0 atom stereocenters. The van der Waals surface area contributed by atoms with E-state index in [1.54, 1.807) is 6.07 Å². The van der Waals surface area contributed by atoms with Gasteiger partial charge in [0.2, 0.25) is 0 Å². The molecule has 0 bridgehead atoms. The molecule has 4 heteroatoms. The van der Waals surface area contributed by atoms with Gasteiger partial charge in [0.1, 0.15) is 0 Å². The number of anilines is 4. The predicted octanol–water partition coefficient (Wildman–Crippen LogP) is 2.32. The first-order chi connectivity index (χ1) is 8.43. The van der Waals surface area contributed by atoms with Crippen molar-refractivity contribution < 1.29 is 0 Å². The van der Waals surface area contributed by atoms with Crippen molar-refractivity contribution in [1.82, 2.24) is 0 Å². The van der Waals surface area contributed by atoms with Gasteiger partial charge in [-0.25, -0.2) is 0 Å². The van der Waals surface area contributed by atoms with Crippen LogP contribution in [-0.2, 0) is 0 Å². The summed E-state index contributed by atoms with van der Waals surface area (Å²) in [4.78, 5) is 0. The van der Waals surface area contributed by atoms with E-state index in [0.29, 0.717) is 11.4 Å². The van der Waals surface area contributed by atoms with Gasteiger partial charge in [-0.1, -0.05) is 18.2 Å². The van der Waals surface area contributed by atoms with Crippen molar-refractivity contribution in [2.45, 2.75) is 13.8 Å². The second-order valence-electron chi connectivity index (χ2n) is 4.14. The van der Waals surface area contributed by atoms with Gasteiger partial charge in [0, 0.05) is 11.4 Å². The van der Waals surface area contributed by atoms with Crippen molar-refractivity contribution in [3.05, 3.63) is 47.5 Å². The maximum atomic E-state index is 5.56. The molecule has 0 aliphatic rings. The van der Waals surface area contributed by atoms with E-state index in [2.05, 4.69) is 0 Å². The van der Waals surface area contributed by atoms with Crippen molar-refractivity contribution >= 4 is 22.7 Å². The molecule has 0 aliphatic carbocycles. The molecule has 18 heavy (non-hydrogen) atoms. The summed E-state index contributed by atoms with van der Waals surface area (Å²) in [7, 11) is 0. The van der Waals surface area contributed by atoms with Crippen molar-refractivity contribution in [3.63, 3.8) is 0 Å². The summed E-state index contributed by atoms with van der Waals surface area (Å²) in [5, 5.41) is 0. The summed E-state index contributed by atoms with van der Waals surface area (Å²) < 4.78 is 0. The van der Waals surface area contributed by atoms with Crippen LogP contribution in [0.5, 0.6) is 0 Å². The minimum absolute atomic E-state index is 0.662. The van der Waals surface area contributed by atoms with E-state index in [9.17, 15) is 0 Å². The Morgan fingerprint density at radius 2 is 1.11 bits per heavy atom. The predicted molar refractivity (Wildman–Crippen MR) is 80.0 cm³/mol. The number of hydrogen-bond donors (Lipinski definition) is 4. The highest BCUT2D eigenvalue weighted by Crippen LogP contribution is 2.17. The SMILES string of the molecule is Cc1c(N)cccc1N.Cc1cccc(N)c1N. The first kappa shape index (κ1) is 13.7. The molecule has 0 radical (unpaired) electrons. The monoisotopic (exact) mass is 244 g/mol. The summed E-state index contributed by atoms with van der Waals surface area (Å²) in [6, 6.07) is 11.1. The van der Waals surface area contributed by atoms with Crippen molar-refractivity contribution in [2.75, 3.05) is 22.9 Å². The maximum absolute atomic E-state index is 5.56. The molecule has 0 fully saturated rings. The average molecular weight is 244 g/mol. The van der Waals surface area contributed by atoms with Crippen LogP contribution in [0.25, 0.3) is 0 Å². The molecule has 2 aromatic carbocycles. The van der Waals surface area contributed by atoms with E-state index in [-0.39, 0.29) is 0 Å². The zero-order chi connectivity index (χ0) is 13.7. The van der Waals surface area contributed by atoms with Gasteiger partial charge in [-0.05, 0) is 43.2 Å². The molecular formula is C14H20N4. The van der Waals surface area contributed by atoms with Crippen LogP contribution < -0.4 is 22.9 Å². The second kappa shape index (κ2) is 5.82. The van der Waals surface area contributed by atoms with Gasteiger partial charge in [-0.3, -0.25) is 0 Å². The van der Waals surface area contributed by atoms with E-state index in [1.165, 1.54) is 0 Å². The van der Waals surface area contributed by atoms with Crippen LogP contribution in [0.4, 0.5) is 22.7 Å². The molecule has 2 rings (SSSR count). The van der Waals surface area contributed by atoms with Gasteiger partial charge in [0.25, 0.3) is 0 Å². The molecule has 0 saturated heterocycles. The Balaban J connectivity index is 0.000000180. The lowest BCUT2D eigenvalue weighted by Crippen LogP contribution is -1.95. The summed E-state index contributed by atoms with van der Waals surface area (Å²) in [6.45, 7) is 3.84. The highest BCUT2D eigenvalue weighted by Gasteiger charge is 1.94. The van der Waals surface area contributed by atoms with Crippen LogP contribution in [-0.4, -0.2) is 0 Å². The highest BCUT2D eigenvalue weighted by atomic mass is 14.7. The van der Waals surface area contributed by atoms with Crippen molar-refractivity contribution in [3.8, 4) is 0 Å². The van der Waals surface area contributed by atoms with Gasteiger partial charge in [0.15, 0.2) is 0 Å². The first-order valence-corrected chi connectivity index (χ1v) is 5.64. The number of hydrogen-bond acceptors (Lipinski definition) is 4. The molecule has 8 N–H and O–H groups in total. The van der Waals surface area contributed by atoms with Gasteiger partial charge in [0.05, 0.1) is 11.4 Å². The third-order valence-corrected chi connectivity index (χ3v) is 2.78. The molecule has 2 aromatic rings. The van der Waals surface area contributed by atoms with Gasteiger partial charge in [-0.2, -0.15) is 0 Å². The number of nitrogens with two attached hydrogens (primary N) is 4. The summed E-state index contributed by atoms with van der Waals surface area (Å²) in [5.74, 6) is 0. The first-order valence-electron chi connectivity index (χ1n) is 5.64. The quantitative estimate of drug-likeness (QED) is 0.534. The number of rotatable bonds is 0. The lowest BCUT2D eigenvalue weighted by atomic mass is 10.2. The van der Waals surface area contributed by atoms with Crippen LogP contribution in [0.15, 0.2) is 36.4 Å². The molecule has 0 aromatic heterocycles. The third-order valence-electron chi connectivity index (χ3n) is 2.78. The van der Waals surface area contributed by atoms with Crippen LogP contribution in [0.1, 0.15) is 11.1 Å². The van der Waals surface area contributed by atoms with Gasteiger partial charge < -0.3 is 22.9 Å². The molecule has 0 aliphatic heterocycles. The average Bonchev–Trinajstić information content (AvgIpc) is 2.34. The highest BCUT2D eigenvalue weighted by molar-refractivity contribution is 5.66. The van der Waals surface area contributed by atoms with Crippen LogP contribution in [0.3, 0.4) is 0 Å². The van der Waals surface area contributed by atoms with E-state index >= 15 is 0 Å². The molecule has 0 heterocycles. The fourth-order valence-corrected chi connectivity index (χ4v) is 1.38. The number of aryl methyl sites for hydroxylation is 1. The number of para-hydroxylation sites is 1. The zero-order valence-corrected chi connectivity index (χ0v) is 10.8. The minimum atomic E-state index is 0.662. The van der Waals surface area contributed by atoms with E-state index in [0.717, 1.165) is 22.5 Å². The molecule has 96 valence electrons. The Labute approximate surface area is 108 Å². The Morgan fingerprint density at radius 1 is 0.667 bits per heavy atom. The van der Waals surface area contributed by atoms with Gasteiger partial charge in [-0.15, -0.1) is 0 Å². The number of benzene rings is 2. The van der Waals surface area contributed by atoms with Crippen LogP contribution in [0.2, 0.25) is 0 Å². The van der Waals surface area contributed by atoms with Crippen molar-refractivity contribution in [2.24, 2.45) is 0 Å². The summed E-state index contributed by atoms with van der Waals surface area (Å²) in [6.07, 6.45) is 0. The largest absolute Gasteiger partial charge is 0.398 e. The topological polar surface area (TPSA) is 104 Å². The van der Waals surface area contributed by atoms with E-state index in [1.807, 2.05) is 44.2 Å². The van der Waals surface area contributed by atoms with Crippen LogP contribution in [0, 0.1) is 13.8 Å². The van der Waals surface area contributed by atoms with Crippen molar-refractivity contribution in [1.29, 1.82) is 0 Å². The van der Waals surface area contributed by atoms with Gasteiger partial charge >= 0.3 is 0 Å². The lowest BCUT2D eigenvalue weighted by molar-refractivity contribution is 1.47. The molecule has 0 unspecified atom stereocenters. The molecular weight excluding hydrogens is 224 g/mol. The normalized spacial score (nSPS) is 9.44. The fourth-order valence-electron chi connectivity index (χ4n) is 1.38. The van der Waals surface area contributed by atoms with Crippen LogP contribution >= 0.6 is 0 Å². The van der Waals surface area contributed by atoms with E-state index < -0.39 is 0 Å². The third kappa shape index (κ3) is 3.31. The number of nitrogen functional groups attached to an aromatic ring is 4. The maximum Gasteiger partial charge on any atom is 0.0577 e. The molecule has 4 nitrogen and oxygen atoms in total. The summed E-state index contributed by atoms with van der Waals surface area (Å²) in [5.41, 5.74) is 27.0. The fraction of sp³-hybridized carbons (Fsp3) is 0.143.